The number of hydrogen-bond acceptors (Lipinski definition) is 4. The molecule has 0 aliphatic carbocycles. The van der Waals surface area contributed by atoms with Crippen LogP contribution < -0.4 is 10.3 Å². The topological polar surface area (TPSA) is 64.4 Å². The van der Waals surface area contributed by atoms with Crippen LogP contribution in [0.3, 0.4) is 0 Å². The summed E-state index contributed by atoms with van der Waals surface area (Å²) in [6, 6.07) is 14.7. The Morgan fingerprint density at radius 3 is 2.58 bits per heavy atom. The standard InChI is InChI=1S/C20H21N3O3/c1-4-23-19(24)17-11-6-5-10-16(17)18(21-23)20(25)22(2)13-14-8-7-9-15(12-14)26-3/h5-12H,4,13H2,1-3H3. The summed E-state index contributed by atoms with van der Waals surface area (Å²) in [4.78, 5) is 27.0. The molecule has 0 saturated heterocycles. The minimum atomic E-state index is -0.230. The van der Waals surface area contributed by atoms with Crippen LogP contribution in [0.15, 0.2) is 53.3 Å². The van der Waals surface area contributed by atoms with Crippen LogP contribution in [0.25, 0.3) is 10.8 Å². The molecule has 26 heavy (non-hydrogen) atoms. The van der Waals surface area contributed by atoms with Crippen molar-refractivity contribution in [1.82, 2.24) is 14.7 Å². The van der Waals surface area contributed by atoms with E-state index in [4.69, 9.17) is 4.74 Å². The fourth-order valence-electron chi connectivity index (χ4n) is 2.90. The molecule has 2 aromatic carbocycles. The van der Waals surface area contributed by atoms with Gasteiger partial charge in [-0.2, -0.15) is 5.10 Å². The number of aryl methyl sites for hydroxylation is 1. The van der Waals surface area contributed by atoms with Crippen LogP contribution in [-0.2, 0) is 13.1 Å². The number of ether oxygens (including phenoxy) is 1. The van der Waals surface area contributed by atoms with Crippen molar-refractivity contribution in [3.63, 3.8) is 0 Å². The normalized spacial score (nSPS) is 10.7. The quantitative estimate of drug-likeness (QED) is 0.709. The molecule has 0 radical (unpaired) electrons. The van der Waals surface area contributed by atoms with Crippen molar-refractivity contribution < 1.29 is 9.53 Å². The van der Waals surface area contributed by atoms with Crippen LogP contribution in [0.4, 0.5) is 0 Å². The minimum absolute atomic E-state index is 0.185. The van der Waals surface area contributed by atoms with E-state index in [0.717, 1.165) is 11.3 Å². The minimum Gasteiger partial charge on any atom is -0.497 e. The zero-order valence-electron chi connectivity index (χ0n) is 15.1. The molecule has 1 amide bonds. The van der Waals surface area contributed by atoms with Gasteiger partial charge in [0, 0.05) is 25.5 Å². The molecule has 3 aromatic rings. The molecule has 6 nitrogen and oxygen atoms in total. The second kappa shape index (κ2) is 7.39. The molecule has 0 atom stereocenters. The van der Waals surface area contributed by atoms with Crippen LogP contribution in [0.1, 0.15) is 23.0 Å². The Hall–Kier alpha value is -3.15. The number of nitrogens with zero attached hydrogens (tertiary/aromatic N) is 3. The summed E-state index contributed by atoms with van der Waals surface area (Å²) in [7, 11) is 3.33. The van der Waals surface area contributed by atoms with Crippen LogP contribution in [-0.4, -0.2) is 34.7 Å². The second-order valence-electron chi connectivity index (χ2n) is 6.03. The van der Waals surface area contributed by atoms with Gasteiger partial charge < -0.3 is 9.64 Å². The van der Waals surface area contributed by atoms with Crippen molar-refractivity contribution >= 4 is 16.7 Å². The largest absolute Gasteiger partial charge is 0.497 e. The summed E-state index contributed by atoms with van der Waals surface area (Å²) in [5.74, 6) is 0.512. The maximum absolute atomic E-state index is 13.0. The van der Waals surface area contributed by atoms with Gasteiger partial charge in [-0.25, -0.2) is 4.68 Å². The van der Waals surface area contributed by atoms with Crippen LogP contribution in [0.2, 0.25) is 0 Å². The zero-order chi connectivity index (χ0) is 18.7. The zero-order valence-corrected chi connectivity index (χ0v) is 15.1. The molecular weight excluding hydrogens is 330 g/mol. The Bertz CT molecular complexity index is 1010. The van der Waals surface area contributed by atoms with E-state index < -0.39 is 0 Å². The van der Waals surface area contributed by atoms with E-state index in [0.29, 0.717) is 23.9 Å². The first-order chi connectivity index (χ1) is 12.5. The lowest BCUT2D eigenvalue weighted by Crippen LogP contribution is -2.31. The number of rotatable bonds is 5. The first kappa shape index (κ1) is 17.7. The number of methoxy groups -OCH3 is 1. The van der Waals surface area contributed by atoms with E-state index in [1.807, 2.05) is 31.2 Å². The van der Waals surface area contributed by atoms with Crippen molar-refractivity contribution in [3.05, 3.63) is 70.1 Å². The highest BCUT2D eigenvalue weighted by atomic mass is 16.5. The predicted molar refractivity (Wildman–Crippen MR) is 100 cm³/mol. The summed E-state index contributed by atoms with van der Waals surface area (Å²) < 4.78 is 6.56. The SMILES string of the molecule is CCn1nc(C(=O)N(C)Cc2cccc(OC)c2)c2ccccc2c1=O. The number of carbonyl (C=O) groups is 1. The molecule has 3 rings (SSSR count). The molecule has 6 heteroatoms. The Labute approximate surface area is 151 Å². The molecule has 0 N–H and O–H groups in total. The third-order valence-corrected chi connectivity index (χ3v) is 4.27. The van der Waals surface area contributed by atoms with Crippen LogP contribution >= 0.6 is 0 Å². The lowest BCUT2D eigenvalue weighted by Gasteiger charge is -2.18. The van der Waals surface area contributed by atoms with Gasteiger partial charge in [0.2, 0.25) is 0 Å². The van der Waals surface area contributed by atoms with Gasteiger partial charge in [-0.1, -0.05) is 30.3 Å². The fourth-order valence-corrected chi connectivity index (χ4v) is 2.90. The maximum atomic E-state index is 13.0. The molecule has 1 aromatic heterocycles. The van der Waals surface area contributed by atoms with Crippen molar-refractivity contribution in [2.24, 2.45) is 0 Å². The van der Waals surface area contributed by atoms with Gasteiger partial charge in [-0.15, -0.1) is 0 Å². The summed E-state index contributed by atoms with van der Waals surface area (Å²) in [5, 5.41) is 5.38. The Balaban J connectivity index is 1.98. The monoisotopic (exact) mass is 351 g/mol. The molecule has 0 fully saturated rings. The molecule has 0 bridgehead atoms. The summed E-state index contributed by atoms with van der Waals surface area (Å²) in [5.41, 5.74) is 1.05. The molecule has 0 aliphatic heterocycles. The molecule has 1 heterocycles. The van der Waals surface area contributed by atoms with Crippen molar-refractivity contribution in [2.45, 2.75) is 20.0 Å². The summed E-state index contributed by atoms with van der Waals surface area (Å²) in [6.45, 7) is 2.65. The lowest BCUT2D eigenvalue weighted by molar-refractivity contribution is 0.0778. The van der Waals surface area contributed by atoms with Crippen molar-refractivity contribution in [3.8, 4) is 5.75 Å². The summed E-state index contributed by atoms with van der Waals surface area (Å²) in [6.07, 6.45) is 0. The van der Waals surface area contributed by atoms with Gasteiger partial charge >= 0.3 is 0 Å². The van der Waals surface area contributed by atoms with Gasteiger partial charge in [0.1, 0.15) is 5.75 Å². The maximum Gasteiger partial charge on any atom is 0.274 e. The van der Waals surface area contributed by atoms with E-state index in [1.54, 1.807) is 43.3 Å². The Morgan fingerprint density at radius 2 is 1.88 bits per heavy atom. The van der Waals surface area contributed by atoms with Crippen molar-refractivity contribution in [2.75, 3.05) is 14.2 Å². The number of hydrogen-bond donors (Lipinski definition) is 0. The number of amides is 1. The van der Waals surface area contributed by atoms with Gasteiger partial charge in [0.05, 0.1) is 12.5 Å². The molecule has 0 aliphatic rings. The third-order valence-electron chi connectivity index (χ3n) is 4.27. The molecule has 0 spiro atoms. The third kappa shape index (κ3) is 3.31. The average Bonchev–Trinajstić information content (AvgIpc) is 2.68. The number of fused-ring (bicyclic) bond motifs is 1. The fraction of sp³-hybridized carbons (Fsp3) is 0.250. The van der Waals surface area contributed by atoms with E-state index in [1.165, 1.54) is 4.68 Å². The van der Waals surface area contributed by atoms with Gasteiger partial charge in [0.25, 0.3) is 11.5 Å². The Morgan fingerprint density at radius 1 is 1.15 bits per heavy atom. The van der Waals surface area contributed by atoms with Gasteiger partial charge in [-0.05, 0) is 30.7 Å². The first-order valence-corrected chi connectivity index (χ1v) is 8.43. The second-order valence-corrected chi connectivity index (χ2v) is 6.03. The lowest BCUT2D eigenvalue weighted by atomic mass is 10.1. The summed E-state index contributed by atoms with van der Waals surface area (Å²) >= 11 is 0. The Kier molecular flexibility index (Phi) is 5.02. The van der Waals surface area contributed by atoms with E-state index in [-0.39, 0.29) is 17.2 Å². The van der Waals surface area contributed by atoms with E-state index in [2.05, 4.69) is 5.10 Å². The molecular formula is C20H21N3O3. The average molecular weight is 351 g/mol. The first-order valence-electron chi connectivity index (χ1n) is 8.43. The smallest absolute Gasteiger partial charge is 0.274 e. The van der Waals surface area contributed by atoms with Crippen LogP contribution in [0, 0.1) is 0 Å². The van der Waals surface area contributed by atoms with Gasteiger partial charge in [0.15, 0.2) is 5.69 Å². The molecule has 0 saturated carbocycles. The van der Waals surface area contributed by atoms with Crippen LogP contribution in [0.5, 0.6) is 5.75 Å². The highest BCUT2D eigenvalue weighted by Gasteiger charge is 2.19. The molecule has 134 valence electrons. The van der Waals surface area contributed by atoms with E-state index >= 15 is 0 Å². The van der Waals surface area contributed by atoms with Crippen molar-refractivity contribution in [1.29, 1.82) is 0 Å². The predicted octanol–water partition coefficient (Wildman–Crippen LogP) is 2.70. The highest BCUT2D eigenvalue weighted by molar-refractivity contribution is 6.04. The van der Waals surface area contributed by atoms with E-state index in [9.17, 15) is 9.59 Å². The van der Waals surface area contributed by atoms with Gasteiger partial charge in [-0.3, -0.25) is 9.59 Å². The highest BCUT2D eigenvalue weighted by Crippen LogP contribution is 2.18. The molecule has 0 unspecified atom stereocenters. The number of aromatic nitrogens is 2. The number of benzene rings is 2. The number of carbonyl (C=O) groups excluding carboxylic acids is 1.